The first-order valence-corrected chi connectivity index (χ1v) is 3.70. The molecule has 0 heterocycles. The first-order valence-electron chi connectivity index (χ1n) is 3.70. The third-order valence-electron chi connectivity index (χ3n) is 1.63. The average molecular weight is 165 g/mol. The zero-order chi connectivity index (χ0) is 8.97. The molecule has 3 N–H and O–H groups in total. The van der Waals surface area contributed by atoms with Gasteiger partial charge in [0.15, 0.2) is 0 Å². The van der Waals surface area contributed by atoms with Crippen LogP contribution >= 0.6 is 0 Å². The van der Waals surface area contributed by atoms with Gasteiger partial charge in [0.25, 0.3) is 0 Å². The Kier molecular flexibility index (Phi) is 2.90. The smallest absolute Gasteiger partial charge is 0.0698 e. The van der Waals surface area contributed by atoms with E-state index in [4.69, 9.17) is 5.84 Å². The van der Waals surface area contributed by atoms with E-state index in [0.717, 1.165) is 11.4 Å². The molecular formula is C8H13N4-. The highest BCUT2D eigenvalue weighted by molar-refractivity contribution is 5.55. The van der Waals surface area contributed by atoms with Gasteiger partial charge in [-0.15, -0.1) is 12.7 Å². The van der Waals surface area contributed by atoms with Crippen molar-refractivity contribution in [2.24, 2.45) is 5.84 Å². The van der Waals surface area contributed by atoms with Crippen molar-refractivity contribution in [1.29, 1.82) is 0 Å². The summed E-state index contributed by atoms with van der Waals surface area (Å²) >= 11 is 0. The molecule has 0 saturated carbocycles. The molecule has 1 rings (SSSR count). The Labute approximate surface area is 72.3 Å². The molecule has 0 aliphatic rings. The maximum absolute atomic E-state index is 5.58. The maximum Gasteiger partial charge on any atom is 0.0698 e. The standard InChI is InChI=1S/C8H13N4/c1-10-7-3-5-8(6-4-7)12(9)11-2/h3-6,11H,9H2,1-2H3/q-1. The van der Waals surface area contributed by atoms with Gasteiger partial charge in [-0.3, -0.25) is 0 Å². The SMILES string of the molecule is C[N-]c1ccc(N(N)NC)cc1. The summed E-state index contributed by atoms with van der Waals surface area (Å²) in [4.78, 5) is 0. The van der Waals surface area contributed by atoms with Gasteiger partial charge in [-0.1, -0.05) is 12.1 Å². The Morgan fingerprint density at radius 1 is 1.33 bits per heavy atom. The third-order valence-corrected chi connectivity index (χ3v) is 1.63. The normalized spacial score (nSPS) is 9.58. The van der Waals surface area contributed by atoms with E-state index in [1.165, 1.54) is 5.12 Å². The van der Waals surface area contributed by atoms with Crippen molar-refractivity contribution in [1.82, 2.24) is 5.43 Å². The zero-order valence-electron chi connectivity index (χ0n) is 7.28. The van der Waals surface area contributed by atoms with Crippen LogP contribution in [0.15, 0.2) is 24.3 Å². The first kappa shape index (κ1) is 8.83. The fourth-order valence-corrected chi connectivity index (χ4v) is 0.891. The fourth-order valence-electron chi connectivity index (χ4n) is 0.891. The number of nitrogens with two attached hydrogens (primary N) is 1. The summed E-state index contributed by atoms with van der Waals surface area (Å²) in [6.45, 7) is 0. The summed E-state index contributed by atoms with van der Waals surface area (Å²) in [6, 6.07) is 7.62. The van der Waals surface area contributed by atoms with Crippen LogP contribution in [-0.4, -0.2) is 14.1 Å². The Bertz CT molecular complexity index is 231. The van der Waals surface area contributed by atoms with Crippen LogP contribution in [-0.2, 0) is 0 Å². The van der Waals surface area contributed by atoms with Gasteiger partial charge in [0.05, 0.1) is 5.69 Å². The molecule has 0 radical (unpaired) electrons. The Morgan fingerprint density at radius 3 is 2.33 bits per heavy atom. The van der Waals surface area contributed by atoms with Crippen LogP contribution in [0.25, 0.3) is 5.32 Å². The molecule has 0 saturated heterocycles. The minimum absolute atomic E-state index is 0.907. The van der Waals surface area contributed by atoms with Crippen LogP contribution < -0.4 is 16.4 Å². The second-order valence-corrected chi connectivity index (χ2v) is 2.33. The third kappa shape index (κ3) is 1.87. The average Bonchev–Trinajstić information content (AvgIpc) is 2.17. The van der Waals surface area contributed by atoms with Crippen LogP contribution in [0.4, 0.5) is 11.4 Å². The predicted octanol–water partition coefficient (Wildman–Crippen LogP) is 1.14. The molecule has 0 amide bonds. The summed E-state index contributed by atoms with van der Waals surface area (Å²) in [5, 5.41) is 5.46. The van der Waals surface area contributed by atoms with Crippen molar-refractivity contribution < 1.29 is 0 Å². The van der Waals surface area contributed by atoms with Crippen molar-refractivity contribution in [3.05, 3.63) is 29.6 Å². The van der Waals surface area contributed by atoms with E-state index in [1.807, 2.05) is 24.3 Å². The maximum atomic E-state index is 5.58. The number of anilines is 1. The molecule has 0 spiro atoms. The van der Waals surface area contributed by atoms with E-state index in [2.05, 4.69) is 10.7 Å². The molecule has 0 bridgehead atoms. The van der Waals surface area contributed by atoms with Crippen molar-refractivity contribution in [3.8, 4) is 0 Å². The number of nitrogens with zero attached hydrogens (tertiary/aromatic N) is 2. The lowest BCUT2D eigenvalue weighted by atomic mass is 10.3. The van der Waals surface area contributed by atoms with Gasteiger partial charge in [-0.2, -0.15) is 0 Å². The highest BCUT2D eigenvalue weighted by atomic mass is 15.7. The lowest BCUT2D eigenvalue weighted by molar-refractivity contribution is 0.738. The molecule has 1 aromatic carbocycles. The molecule has 12 heavy (non-hydrogen) atoms. The number of hydrazine groups is 2. The number of rotatable bonds is 3. The van der Waals surface area contributed by atoms with Gasteiger partial charge >= 0.3 is 0 Å². The molecule has 66 valence electrons. The van der Waals surface area contributed by atoms with E-state index < -0.39 is 0 Å². The monoisotopic (exact) mass is 165 g/mol. The Morgan fingerprint density at radius 2 is 1.92 bits per heavy atom. The Hall–Kier alpha value is -1.26. The van der Waals surface area contributed by atoms with E-state index in [9.17, 15) is 0 Å². The van der Waals surface area contributed by atoms with Crippen LogP contribution in [0.2, 0.25) is 0 Å². The van der Waals surface area contributed by atoms with Crippen molar-refractivity contribution >= 4 is 11.4 Å². The van der Waals surface area contributed by atoms with Crippen LogP contribution in [0.1, 0.15) is 0 Å². The van der Waals surface area contributed by atoms with Crippen LogP contribution in [0, 0.1) is 0 Å². The van der Waals surface area contributed by atoms with E-state index in [-0.39, 0.29) is 0 Å². The lowest BCUT2D eigenvalue weighted by Gasteiger charge is -2.19. The Balaban J connectivity index is 2.77. The molecule has 4 nitrogen and oxygen atoms in total. The van der Waals surface area contributed by atoms with E-state index in [0.29, 0.717) is 0 Å². The summed E-state index contributed by atoms with van der Waals surface area (Å²) in [5.41, 5.74) is 4.65. The molecule has 0 aromatic heterocycles. The molecule has 0 unspecified atom stereocenters. The molecule has 0 fully saturated rings. The molecule has 4 heteroatoms. The highest BCUT2D eigenvalue weighted by Gasteiger charge is 1.94. The predicted molar refractivity (Wildman–Crippen MR) is 51.1 cm³/mol. The van der Waals surface area contributed by atoms with Gasteiger partial charge in [-0.05, 0) is 12.1 Å². The van der Waals surface area contributed by atoms with Gasteiger partial charge in [0, 0.05) is 7.05 Å². The molecule has 0 aliphatic carbocycles. The van der Waals surface area contributed by atoms with Gasteiger partial charge in [-0.25, -0.2) is 16.4 Å². The summed E-state index contributed by atoms with van der Waals surface area (Å²) in [7, 11) is 3.52. The van der Waals surface area contributed by atoms with Crippen molar-refractivity contribution in [3.63, 3.8) is 0 Å². The topological polar surface area (TPSA) is 55.4 Å². The second-order valence-electron chi connectivity index (χ2n) is 2.33. The largest absolute Gasteiger partial charge is 0.687 e. The minimum Gasteiger partial charge on any atom is -0.687 e. The number of nitrogens with one attached hydrogen (secondary N) is 1. The quantitative estimate of drug-likeness (QED) is 0.521. The van der Waals surface area contributed by atoms with Crippen molar-refractivity contribution in [2.75, 3.05) is 19.2 Å². The van der Waals surface area contributed by atoms with Crippen LogP contribution in [0.3, 0.4) is 0 Å². The van der Waals surface area contributed by atoms with E-state index >= 15 is 0 Å². The van der Waals surface area contributed by atoms with Crippen molar-refractivity contribution in [2.45, 2.75) is 0 Å². The minimum atomic E-state index is 0.907. The van der Waals surface area contributed by atoms with Gasteiger partial charge < -0.3 is 5.32 Å². The number of benzene rings is 1. The first-order chi connectivity index (χ1) is 5.77. The summed E-state index contributed by atoms with van der Waals surface area (Å²) < 4.78 is 0. The van der Waals surface area contributed by atoms with Gasteiger partial charge in [0.1, 0.15) is 0 Å². The molecular weight excluding hydrogens is 152 g/mol. The molecule has 0 aliphatic heterocycles. The highest BCUT2D eigenvalue weighted by Crippen LogP contribution is 2.19. The van der Waals surface area contributed by atoms with Gasteiger partial charge in [0.2, 0.25) is 0 Å². The zero-order valence-corrected chi connectivity index (χ0v) is 7.28. The number of hydrogen-bond donors (Lipinski definition) is 2. The fraction of sp³-hybridized carbons (Fsp3) is 0.250. The number of hydrogen-bond acceptors (Lipinski definition) is 3. The molecule has 0 atom stereocenters. The van der Waals surface area contributed by atoms with Crippen LogP contribution in [0.5, 0.6) is 0 Å². The summed E-state index contributed by atoms with van der Waals surface area (Å²) in [6.07, 6.45) is 0. The van der Waals surface area contributed by atoms with E-state index in [1.54, 1.807) is 14.1 Å². The second kappa shape index (κ2) is 3.94. The lowest BCUT2D eigenvalue weighted by Crippen LogP contribution is -2.41. The summed E-state index contributed by atoms with van der Waals surface area (Å²) in [5.74, 6) is 5.58. The molecule has 1 aromatic rings.